The van der Waals surface area contributed by atoms with Gasteiger partial charge in [-0.2, -0.15) is 0 Å². The Morgan fingerprint density at radius 1 is 1.47 bits per heavy atom. The summed E-state index contributed by atoms with van der Waals surface area (Å²) in [6.07, 6.45) is 2.53. The van der Waals surface area contributed by atoms with Gasteiger partial charge in [-0.1, -0.05) is 13.8 Å². The molecule has 1 aliphatic heterocycles. The molecule has 5 heteroatoms. The van der Waals surface area contributed by atoms with Crippen molar-refractivity contribution in [1.29, 1.82) is 0 Å². The van der Waals surface area contributed by atoms with Crippen LogP contribution >= 0.6 is 11.3 Å². The van der Waals surface area contributed by atoms with Crippen LogP contribution in [0.5, 0.6) is 0 Å². The van der Waals surface area contributed by atoms with Gasteiger partial charge in [0.2, 0.25) is 0 Å². The first-order valence-corrected chi connectivity index (χ1v) is 7.95. The molecule has 0 spiro atoms. The highest BCUT2D eigenvalue weighted by Crippen LogP contribution is 2.32. The van der Waals surface area contributed by atoms with Gasteiger partial charge in [-0.05, 0) is 32.9 Å². The molecular formula is C14H26N4S. The van der Waals surface area contributed by atoms with Crippen molar-refractivity contribution in [1.82, 2.24) is 9.88 Å². The van der Waals surface area contributed by atoms with Crippen molar-refractivity contribution in [3.63, 3.8) is 0 Å². The fraction of sp³-hybridized carbons (Fsp3) is 0.786. The van der Waals surface area contributed by atoms with E-state index in [1.54, 1.807) is 11.3 Å². The normalized spacial score (nSPS) is 20.6. The largest absolute Gasteiger partial charge is 0.347 e. The topological polar surface area (TPSA) is 45.4 Å². The average molecular weight is 282 g/mol. The Bertz CT molecular complexity index is 414. The van der Waals surface area contributed by atoms with Crippen molar-refractivity contribution < 1.29 is 0 Å². The minimum absolute atomic E-state index is 0.456. The van der Waals surface area contributed by atoms with Crippen molar-refractivity contribution in [2.75, 3.05) is 32.1 Å². The van der Waals surface area contributed by atoms with E-state index in [0.29, 0.717) is 18.5 Å². The predicted molar refractivity (Wildman–Crippen MR) is 83.0 cm³/mol. The van der Waals surface area contributed by atoms with Gasteiger partial charge < -0.3 is 15.5 Å². The maximum Gasteiger partial charge on any atom is 0.185 e. The van der Waals surface area contributed by atoms with Gasteiger partial charge in [0.05, 0.1) is 5.69 Å². The molecule has 0 radical (unpaired) electrons. The van der Waals surface area contributed by atoms with Crippen LogP contribution in [0.3, 0.4) is 0 Å². The first kappa shape index (κ1) is 14.8. The number of aromatic nitrogens is 1. The molecule has 1 unspecified atom stereocenters. The van der Waals surface area contributed by atoms with Crippen LogP contribution in [-0.4, -0.2) is 43.1 Å². The van der Waals surface area contributed by atoms with Crippen LogP contribution in [0.25, 0.3) is 0 Å². The Balaban J connectivity index is 2.17. The molecule has 2 N–H and O–H groups in total. The van der Waals surface area contributed by atoms with Crippen LogP contribution < -0.4 is 10.6 Å². The van der Waals surface area contributed by atoms with Crippen LogP contribution in [0.15, 0.2) is 0 Å². The molecule has 2 heterocycles. The molecule has 108 valence electrons. The second-order valence-corrected chi connectivity index (χ2v) is 6.93. The Kier molecular flexibility index (Phi) is 4.81. The monoisotopic (exact) mass is 282 g/mol. The first-order valence-electron chi connectivity index (χ1n) is 7.14. The van der Waals surface area contributed by atoms with Crippen LogP contribution in [0, 0.1) is 0 Å². The van der Waals surface area contributed by atoms with Crippen LogP contribution in [-0.2, 0) is 6.54 Å². The lowest BCUT2D eigenvalue weighted by atomic mass is 10.1. The smallest absolute Gasteiger partial charge is 0.185 e. The van der Waals surface area contributed by atoms with E-state index in [0.717, 1.165) is 18.2 Å². The van der Waals surface area contributed by atoms with Gasteiger partial charge in [0.25, 0.3) is 0 Å². The molecule has 1 aliphatic rings. The Hall–Kier alpha value is -0.650. The molecule has 0 aromatic carbocycles. The minimum atomic E-state index is 0.456. The number of hydrogen-bond acceptors (Lipinski definition) is 5. The highest BCUT2D eigenvalue weighted by Gasteiger charge is 2.24. The molecule has 1 fully saturated rings. The highest BCUT2D eigenvalue weighted by atomic mass is 32.1. The van der Waals surface area contributed by atoms with E-state index in [-0.39, 0.29) is 0 Å². The van der Waals surface area contributed by atoms with E-state index in [1.165, 1.54) is 23.4 Å². The zero-order valence-electron chi connectivity index (χ0n) is 12.5. The number of nitrogens with zero attached hydrogens (tertiary/aromatic N) is 3. The summed E-state index contributed by atoms with van der Waals surface area (Å²) in [5.74, 6) is 0.456. The molecular weight excluding hydrogens is 256 g/mol. The fourth-order valence-corrected chi connectivity index (χ4v) is 3.76. The molecule has 0 bridgehead atoms. The second kappa shape index (κ2) is 6.20. The van der Waals surface area contributed by atoms with Gasteiger partial charge in [0, 0.05) is 30.6 Å². The third kappa shape index (κ3) is 3.27. The standard InChI is InChI=1S/C14H26N4S/c1-10(2)13-12(8-15)19-14(16-13)18-7-5-6-11(9-18)17(3)4/h10-11H,5-9,15H2,1-4H3. The van der Waals surface area contributed by atoms with E-state index < -0.39 is 0 Å². The van der Waals surface area contributed by atoms with Gasteiger partial charge in [0.15, 0.2) is 5.13 Å². The maximum atomic E-state index is 5.85. The number of thiazole rings is 1. The molecule has 1 aromatic heterocycles. The summed E-state index contributed by atoms with van der Waals surface area (Å²) < 4.78 is 0. The lowest BCUT2D eigenvalue weighted by Crippen LogP contribution is -2.45. The Morgan fingerprint density at radius 3 is 2.74 bits per heavy atom. The second-order valence-electron chi connectivity index (χ2n) is 5.87. The van der Waals surface area contributed by atoms with Gasteiger partial charge in [0.1, 0.15) is 0 Å². The number of rotatable bonds is 4. The van der Waals surface area contributed by atoms with Gasteiger partial charge in [-0.15, -0.1) is 11.3 Å². The fourth-order valence-electron chi connectivity index (χ4n) is 2.63. The number of piperidine rings is 1. The third-order valence-electron chi connectivity index (χ3n) is 3.85. The van der Waals surface area contributed by atoms with Crippen molar-refractivity contribution >= 4 is 16.5 Å². The Morgan fingerprint density at radius 2 is 2.21 bits per heavy atom. The van der Waals surface area contributed by atoms with Crippen molar-refractivity contribution in [3.8, 4) is 0 Å². The maximum absolute atomic E-state index is 5.85. The van der Waals surface area contributed by atoms with E-state index in [4.69, 9.17) is 10.7 Å². The van der Waals surface area contributed by atoms with Gasteiger partial charge in [-0.3, -0.25) is 0 Å². The molecule has 2 rings (SSSR count). The SMILES string of the molecule is CC(C)c1nc(N2CCCC(N(C)C)C2)sc1CN. The summed E-state index contributed by atoms with van der Waals surface area (Å²) in [5, 5.41) is 1.16. The molecule has 19 heavy (non-hydrogen) atoms. The first-order chi connectivity index (χ1) is 9.02. The zero-order chi connectivity index (χ0) is 14.0. The number of likely N-dealkylation sites (N-methyl/N-ethyl adjacent to an activating group) is 1. The van der Waals surface area contributed by atoms with E-state index in [1.807, 2.05) is 0 Å². The molecule has 1 atom stereocenters. The minimum Gasteiger partial charge on any atom is -0.347 e. The molecule has 4 nitrogen and oxygen atoms in total. The van der Waals surface area contributed by atoms with Gasteiger partial charge in [-0.25, -0.2) is 4.98 Å². The average Bonchev–Trinajstić information content (AvgIpc) is 2.83. The van der Waals surface area contributed by atoms with Crippen LogP contribution in [0.1, 0.15) is 43.2 Å². The summed E-state index contributed by atoms with van der Waals surface area (Å²) in [7, 11) is 4.34. The van der Waals surface area contributed by atoms with E-state index in [2.05, 4.69) is 37.7 Å². The Labute approximate surface area is 120 Å². The summed E-state index contributed by atoms with van der Waals surface area (Å²) in [4.78, 5) is 10.9. The molecule has 0 amide bonds. The van der Waals surface area contributed by atoms with Crippen molar-refractivity contribution in [3.05, 3.63) is 10.6 Å². The lowest BCUT2D eigenvalue weighted by Gasteiger charge is -2.36. The van der Waals surface area contributed by atoms with E-state index in [9.17, 15) is 0 Å². The lowest BCUT2D eigenvalue weighted by molar-refractivity contribution is 0.258. The highest BCUT2D eigenvalue weighted by molar-refractivity contribution is 7.15. The number of anilines is 1. The number of hydrogen-bond donors (Lipinski definition) is 1. The van der Waals surface area contributed by atoms with Crippen molar-refractivity contribution in [2.24, 2.45) is 5.73 Å². The van der Waals surface area contributed by atoms with Crippen molar-refractivity contribution in [2.45, 2.75) is 45.2 Å². The zero-order valence-corrected chi connectivity index (χ0v) is 13.3. The summed E-state index contributed by atoms with van der Waals surface area (Å²) in [6.45, 7) is 7.20. The third-order valence-corrected chi connectivity index (χ3v) is 5.00. The summed E-state index contributed by atoms with van der Waals surface area (Å²) in [6, 6.07) is 0.640. The quantitative estimate of drug-likeness (QED) is 0.920. The summed E-state index contributed by atoms with van der Waals surface area (Å²) in [5.41, 5.74) is 7.04. The molecule has 0 saturated carbocycles. The van der Waals surface area contributed by atoms with E-state index >= 15 is 0 Å². The molecule has 1 aromatic rings. The molecule has 1 saturated heterocycles. The summed E-state index contributed by atoms with van der Waals surface area (Å²) >= 11 is 1.78. The van der Waals surface area contributed by atoms with Gasteiger partial charge >= 0.3 is 0 Å². The predicted octanol–water partition coefficient (Wildman–Crippen LogP) is 2.26. The van der Waals surface area contributed by atoms with Crippen LogP contribution in [0.2, 0.25) is 0 Å². The number of nitrogens with two attached hydrogens (primary N) is 1. The molecule has 0 aliphatic carbocycles. The van der Waals surface area contributed by atoms with Crippen LogP contribution in [0.4, 0.5) is 5.13 Å².